The van der Waals surface area contributed by atoms with E-state index in [4.69, 9.17) is 23.2 Å². The van der Waals surface area contributed by atoms with Gasteiger partial charge in [-0.15, -0.1) is 22.9 Å². The lowest BCUT2D eigenvalue weighted by atomic mass is 9.96. The van der Waals surface area contributed by atoms with E-state index in [0.717, 1.165) is 14.8 Å². The van der Waals surface area contributed by atoms with Crippen LogP contribution in [0.4, 0.5) is 0 Å². The van der Waals surface area contributed by atoms with Gasteiger partial charge in [-0.05, 0) is 56.0 Å². The molecule has 0 radical (unpaired) electrons. The highest BCUT2D eigenvalue weighted by Crippen LogP contribution is 2.40. The number of rotatable bonds is 2. The molecule has 0 nitrogen and oxygen atoms in total. The van der Waals surface area contributed by atoms with Crippen molar-refractivity contribution in [2.45, 2.75) is 33.1 Å². The van der Waals surface area contributed by atoms with E-state index in [-0.39, 0.29) is 5.38 Å². The number of thiophene rings is 1. The third kappa shape index (κ3) is 2.59. The van der Waals surface area contributed by atoms with Crippen LogP contribution >= 0.6 is 34.5 Å². The second kappa shape index (κ2) is 5.24. The smallest absolute Gasteiger partial charge is 0.0960 e. The summed E-state index contributed by atoms with van der Waals surface area (Å²) in [7, 11) is 0. The summed E-state index contributed by atoms with van der Waals surface area (Å²) < 4.78 is 0.832. The summed E-state index contributed by atoms with van der Waals surface area (Å²) in [5, 5.41) is -0.109. The van der Waals surface area contributed by atoms with Gasteiger partial charge in [0.2, 0.25) is 0 Å². The highest BCUT2D eigenvalue weighted by atomic mass is 35.5. The number of benzene rings is 1. The van der Waals surface area contributed by atoms with Crippen molar-refractivity contribution in [2.75, 3.05) is 0 Å². The summed E-state index contributed by atoms with van der Waals surface area (Å²) in [4.78, 5) is 1.12. The minimum Gasteiger partial charge on any atom is -0.126 e. The Hall–Kier alpha value is -0.500. The Kier molecular flexibility index (Phi) is 4.05. The molecule has 0 bridgehead atoms. The van der Waals surface area contributed by atoms with Crippen LogP contribution < -0.4 is 0 Å². The fraction of sp³-hybridized carbons (Fsp3) is 0.333. The normalized spacial score (nSPS) is 12.8. The molecular weight excluding hydrogens is 283 g/mol. The molecule has 0 fully saturated rings. The van der Waals surface area contributed by atoms with Crippen molar-refractivity contribution in [3.05, 3.63) is 55.2 Å². The molecule has 2 aromatic rings. The first-order valence-corrected chi connectivity index (χ1v) is 7.51. The minimum absolute atomic E-state index is 0.109. The third-order valence-electron chi connectivity index (χ3n) is 3.12. The molecule has 0 N–H and O–H groups in total. The number of hydrogen-bond acceptors (Lipinski definition) is 1. The van der Waals surface area contributed by atoms with E-state index in [0.29, 0.717) is 0 Å². The molecule has 0 amide bonds. The molecule has 0 saturated heterocycles. The summed E-state index contributed by atoms with van der Waals surface area (Å²) in [5.41, 5.74) is 6.08. The molecule has 0 aliphatic heterocycles. The molecular formula is C15H16Cl2S. The molecule has 1 aromatic heterocycles. The number of halogens is 2. The average molecular weight is 299 g/mol. The van der Waals surface area contributed by atoms with E-state index in [9.17, 15) is 0 Å². The van der Waals surface area contributed by atoms with Crippen molar-refractivity contribution >= 4 is 34.5 Å². The highest BCUT2D eigenvalue weighted by Gasteiger charge is 2.19. The monoisotopic (exact) mass is 298 g/mol. The Morgan fingerprint density at radius 1 is 0.944 bits per heavy atom. The van der Waals surface area contributed by atoms with E-state index in [1.165, 1.54) is 22.3 Å². The zero-order valence-electron chi connectivity index (χ0n) is 11.0. The van der Waals surface area contributed by atoms with Gasteiger partial charge in [0.15, 0.2) is 0 Å². The first-order valence-electron chi connectivity index (χ1n) is 5.87. The highest BCUT2D eigenvalue weighted by molar-refractivity contribution is 7.16. The predicted octanol–water partition coefficient (Wildman–Crippen LogP) is 5.96. The quantitative estimate of drug-likeness (QED) is 0.600. The summed E-state index contributed by atoms with van der Waals surface area (Å²) in [5.74, 6) is 0. The molecule has 2 rings (SSSR count). The van der Waals surface area contributed by atoms with Gasteiger partial charge >= 0.3 is 0 Å². The molecule has 0 aliphatic carbocycles. The number of alkyl halides is 1. The van der Waals surface area contributed by atoms with Gasteiger partial charge < -0.3 is 0 Å². The average Bonchev–Trinajstić information content (AvgIpc) is 2.57. The number of aryl methyl sites for hydroxylation is 4. The molecule has 1 aromatic carbocycles. The Labute approximate surface area is 123 Å². The maximum atomic E-state index is 6.63. The summed E-state index contributed by atoms with van der Waals surface area (Å²) in [6.07, 6.45) is 0. The molecule has 1 atom stereocenters. The largest absolute Gasteiger partial charge is 0.126 e. The first kappa shape index (κ1) is 13.9. The minimum atomic E-state index is -0.109. The van der Waals surface area contributed by atoms with E-state index in [2.05, 4.69) is 39.0 Å². The summed E-state index contributed by atoms with van der Waals surface area (Å²) in [6, 6.07) is 6.45. The molecule has 0 saturated carbocycles. The lowest BCUT2D eigenvalue weighted by molar-refractivity contribution is 1.10. The predicted molar refractivity (Wildman–Crippen MR) is 82.4 cm³/mol. The van der Waals surface area contributed by atoms with Gasteiger partial charge in [-0.2, -0.15) is 0 Å². The third-order valence-corrected chi connectivity index (χ3v) is 5.32. The molecule has 0 spiro atoms. The van der Waals surface area contributed by atoms with E-state index < -0.39 is 0 Å². The van der Waals surface area contributed by atoms with Crippen LogP contribution in [-0.2, 0) is 0 Å². The maximum Gasteiger partial charge on any atom is 0.0960 e. The zero-order valence-corrected chi connectivity index (χ0v) is 13.3. The van der Waals surface area contributed by atoms with Gasteiger partial charge in [-0.1, -0.05) is 29.3 Å². The topological polar surface area (TPSA) is 0 Å². The lowest BCUT2D eigenvalue weighted by Crippen LogP contribution is -1.98. The van der Waals surface area contributed by atoms with E-state index >= 15 is 0 Å². The van der Waals surface area contributed by atoms with Gasteiger partial charge in [0.25, 0.3) is 0 Å². The van der Waals surface area contributed by atoms with Crippen LogP contribution in [0.15, 0.2) is 18.2 Å². The van der Waals surface area contributed by atoms with Crippen molar-refractivity contribution < 1.29 is 0 Å². The molecule has 1 unspecified atom stereocenters. The fourth-order valence-corrected chi connectivity index (χ4v) is 4.09. The Morgan fingerprint density at radius 2 is 1.50 bits per heavy atom. The van der Waals surface area contributed by atoms with E-state index in [1.54, 1.807) is 11.3 Å². The van der Waals surface area contributed by atoms with Crippen molar-refractivity contribution in [1.29, 1.82) is 0 Å². The van der Waals surface area contributed by atoms with E-state index in [1.807, 2.05) is 6.92 Å². The SMILES string of the molecule is Cc1cc(C)c(C(Cl)c2cc(C)c(Cl)s2)c(C)c1. The Balaban J connectivity index is 2.49. The number of hydrogen-bond donors (Lipinski definition) is 0. The van der Waals surface area contributed by atoms with Crippen LogP contribution in [0.5, 0.6) is 0 Å². The van der Waals surface area contributed by atoms with Gasteiger partial charge in [0.1, 0.15) is 0 Å². The molecule has 96 valence electrons. The summed E-state index contributed by atoms with van der Waals surface area (Å²) in [6.45, 7) is 8.36. The van der Waals surface area contributed by atoms with Crippen molar-refractivity contribution in [2.24, 2.45) is 0 Å². The molecule has 18 heavy (non-hydrogen) atoms. The standard InChI is InChI=1S/C15H16Cl2S/c1-8-5-9(2)13(10(3)6-8)14(16)12-7-11(4)15(17)18-12/h5-7,14H,1-4H3. The molecule has 3 heteroatoms. The van der Waals surface area contributed by atoms with Crippen molar-refractivity contribution in [3.63, 3.8) is 0 Å². The second-order valence-electron chi connectivity index (χ2n) is 4.78. The van der Waals surface area contributed by atoms with Crippen LogP contribution in [-0.4, -0.2) is 0 Å². The maximum absolute atomic E-state index is 6.63. The van der Waals surface area contributed by atoms with Crippen molar-refractivity contribution in [3.8, 4) is 0 Å². The Morgan fingerprint density at radius 3 is 1.94 bits per heavy atom. The van der Waals surface area contributed by atoms with Gasteiger partial charge in [-0.25, -0.2) is 0 Å². The Bertz CT molecular complexity index is 542. The molecule has 0 aliphatic rings. The lowest BCUT2D eigenvalue weighted by Gasteiger charge is -2.15. The zero-order chi connectivity index (χ0) is 13.4. The van der Waals surface area contributed by atoms with Crippen molar-refractivity contribution in [1.82, 2.24) is 0 Å². The fourth-order valence-electron chi connectivity index (χ4n) is 2.34. The van der Waals surface area contributed by atoms with Crippen LogP contribution in [0, 0.1) is 27.7 Å². The second-order valence-corrected chi connectivity index (χ2v) is 6.90. The van der Waals surface area contributed by atoms with Crippen LogP contribution in [0.2, 0.25) is 4.34 Å². The summed E-state index contributed by atoms with van der Waals surface area (Å²) >= 11 is 14.3. The van der Waals surface area contributed by atoms with Gasteiger partial charge in [0, 0.05) is 4.88 Å². The van der Waals surface area contributed by atoms with Crippen LogP contribution in [0.25, 0.3) is 0 Å². The van der Waals surface area contributed by atoms with Crippen LogP contribution in [0.1, 0.15) is 38.1 Å². The van der Waals surface area contributed by atoms with Crippen LogP contribution in [0.3, 0.4) is 0 Å². The van der Waals surface area contributed by atoms with Gasteiger partial charge in [0.05, 0.1) is 9.71 Å². The molecule has 1 heterocycles. The first-order chi connectivity index (χ1) is 8.40. The van der Waals surface area contributed by atoms with Gasteiger partial charge in [-0.3, -0.25) is 0 Å².